The number of barbiturate groups is 1. The Hall–Kier alpha value is -3.23. The summed E-state index contributed by atoms with van der Waals surface area (Å²) >= 11 is 0. The van der Waals surface area contributed by atoms with Crippen molar-refractivity contribution < 1.29 is 14.4 Å². The standard InChI is InChI=1S/C25H31N5O4/c1-3-4-7-13-30-23(33)25(22(32)27-24(30)34)15-17-20(28-12-8-5-6-11-18(25)28)26-19-16(2)10-9-14-29(19)21(17)31/h9-10,14,18H,3-8,11-13,15H2,1-2H3,(H,27,32,34)/t18-,25-/m1/s1. The van der Waals surface area contributed by atoms with Crippen molar-refractivity contribution in [1.29, 1.82) is 0 Å². The van der Waals surface area contributed by atoms with E-state index in [1.807, 2.05) is 17.9 Å². The van der Waals surface area contributed by atoms with E-state index >= 15 is 0 Å². The van der Waals surface area contributed by atoms with E-state index in [0.717, 1.165) is 37.7 Å². The van der Waals surface area contributed by atoms with Crippen LogP contribution in [-0.4, -0.2) is 51.3 Å². The van der Waals surface area contributed by atoms with Gasteiger partial charge in [0.2, 0.25) is 11.8 Å². The number of nitrogens with one attached hydrogen (secondary N) is 1. The predicted octanol–water partition coefficient (Wildman–Crippen LogP) is 2.56. The van der Waals surface area contributed by atoms with Gasteiger partial charge in [0.15, 0.2) is 5.41 Å². The van der Waals surface area contributed by atoms with E-state index in [0.29, 0.717) is 36.4 Å². The van der Waals surface area contributed by atoms with Crippen molar-refractivity contribution >= 4 is 29.3 Å². The van der Waals surface area contributed by atoms with Gasteiger partial charge >= 0.3 is 6.03 Å². The van der Waals surface area contributed by atoms with Crippen LogP contribution >= 0.6 is 0 Å². The average molecular weight is 466 g/mol. The molecule has 0 saturated carbocycles. The maximum atomic E-state index is 14.0. The van der Waals surface area contributed by atoms with Crippen LogP contribution in [0.2, 0.25) is 0 Å². The molecule has 5 heterocycles. The molecular formula is C25H31N5O4. The van der Waals surface area contributed by atoms with Crippen LogP contribution in [0.15, 0.2) is 23.1 Å². The maximum Gasteiger partial charge on any atom is 0.330 e. The Bertz CT molecular complexity index is 1240. The van der Waals surface area contributed by atoms with Gasteiger partial charge in [-0.2, -0.15) is 0 Å². The van der Waals surface area contributed by atoms with Crippen LogP contribution in [0.25, 0.3) is 5.65 Å². The van der Waals surface area contributed by atoms with Gasteiger partial charge in [0, 0.05) is 25.7 Å². The first-order valence-electron chi connectivity index (χ1n) is 12.3. The summed E-state index contributed by atoms with van der Waals surface area (Å²) in [6, 6.07) is 2.59. The number of hydrogen-bond acceptors (Lipinski definition) is 6. The number of carbonyl (C=O) groups is 3. The molecule has 5 rings (SSSR count). The monoisotopic (exact) mass is 465 g/mol. The molecule has 2 aromatic heterocycles. The topological polar surface area (TPSA) is 104 Å². The second kappa shape index (κ2) is 8.52. The molecule has 0 unspecified atom stereocenters. The van der Waals surface area contributed by atoms with Crippen LogP contribution in [0.5, 0.6) is 0 Å². The number of aryl methyl sites for hydroxylation is 1. The van der Waals surface area contributed by atoms with E-state index in [1.165, 1.54) is 9.30 Å². The molecular weight excluding hydrogens is 434 g/mol. The molecule has 1 N–H and O–H groups in total. The first-order valence-corrected chi connectivity index (χ1v) is 12.3. The molecule has 0 aliphatic carbocycles. The van der Waals surface area contributed by atoms with Crippen LogP contribution in [0.4, 0.5) is 10.6 Å². The summed E-state index contributed by atoms with van der Waals surface area (Å²) in [6.45, 7) is 4.84. The summed E-state index contributed by atoms with van der Waals surface area (Å²) in [6.07, 6.45) is 7.49. The van der Waals surface area contributed by atoms with E-state index < -0.39 is 29.3 Å². The van der Waals surface area contributed by atoms with Gasteiger partial charge < -0.3 is 4.90 Å². The number of rotatable bonds is 4. The summed E-state index contributed by atoms with van der Waals surface area (Å²) in [5.74, 6) is -0.494. The summed E-state index contributed by atoms with van der Waals surface area (Å²) in [5.41, 5.74) is 0.0544. The van der Waals surface area contributed by atoms with Crippen molar-refractivity contribution in [3.8, 4) is 0 Å². The number of unbranched alkanes of at least 4 members (excludes halogenated alkanes) is 2. The van der Waals surface area contributed by atoms with Gasteiger partial charge in [-0.15, -0.1) is 0 Å². The molecule has 1 spiro atoms. The first kappa shape index (κ1) is 22.6. The van der Waals surface area contributed by atoms with Crippen molar-refractivity contribution in [1.82, 2.24) is 19.6 Å². The lowest BCUT2D eigenvalue weighted by atomic mass is 9.68. The smallest absolute Gasteiger partial charge is 0.330 e. The Morgan fingerprint density at radius 1 is 1.15 bits per heavy atom. The Labute approximate surface area is 198 Å². The number of pyridine rings is 1. The minimum atomic E-state index is -1.52. The van der Waals surface area contributed by atoms with Gasteiger partial charge in [-0.05, 0) is 37.8 Å². The number of anilines is 1. The lowest BCUT2D eigenvalue weighted by Gasteiger charge is -2.50. The number of imide groups is 2. The number of nitrogens with zero attached hydrogens (tertiary/aromatic N) is 4. The zero-order valence-corrected chi connectivity index (χ0v) is 19.8. The number of fused-ring (bicyclic) bond motifs is 5. The zero-order valence-electron chi connectivity index (χ0n) is 19.8. The van der Waals surface area contributed by atoms with Gasteiger partial charge in [0.25, 0.3) is 5.56 Å². The molecule has 34 heavy (non-hydrogen) atoms. The minimum absolute atomic E-state index is 0.0472. The molecule has 0 aromatic carbocycles. The molecule has 2 fully saturated rings. The van der Waals surface area contributed by atoms with Gasteiger partial charge in [-0.3, -0.25) is 29.0 Å². The third-order valence-electron chi connectivity index (χ3n) is 7.65. The van der Waals surface area contributed by atoms with Crippen LogP contribution in [0.1, 0.15) is 63.0 Å². The van der Waals surface area contributed by atoms with Gasteiger partial charge in [-0.25, -0.2) is 9.78 Å². The molecule has 2 atom stereocenters. The van der Waals surface area contributed by atoms with Gasteiger partial charge in [0.1, 0.15) is 11.5 Å². The largest absolute Gasteiger partial charge is 0.352 e. The number of aromatic nitrogens is 2. The third kappa shape index (κ3) is 3.24. The Kier molecular flexibility index (Phi) is 5.65. The molecule has 2 saturated heterocycles. The molecule has 2 aromatic rings. The Balaban J connectivity index is 1.70. The van der Waals surface area contributed by atoms with Crippen molar-refractivity contribution in [3.63, 3.8) is 0 Å². The molecule has 9 nitrogen and oxygen atoms in total. The fourth-order valence-electron chi connectivity index (χ4n) is 5.87. The van der Waals surface area contributed by atoms with E-state index in [2.05, 4.69) is 12.2 Å². The quantitative estimate of drug-likeness (QED) is 0.550. The van der Waals surface area contributed by atoms with Gasteiger partial charge in [0.05, 0.1) is 11.6 Å². The van der Waals surface area contributed by atoms with Crippen LogP contribution in [0, 0.1) is 12.3 Å². The SMILES string of the molecule is CCCCCN1C(=O)NC(=O)[C@]2(Cc3c(nc4c(C)cccn4c3=O)N3CCCCC[C@@H]32)C1=O. The van der Waals surface area contributed by atoms with Gasteiger partial charge in [-0.1, -0.05) is 38.7 Å². The lowest BCUT2D eigenvalue weighted by molar-refractivity contribution is -0.153. The second-order valence-electron chi connectivity index (χ2n) is 9.73. The number of urea groups is 1. The second-order valence-corrected chi connectivity index (χ2v) is 9.73. The lowest BCUT2D eigenvalue weighted by Crippen LogP contribution is -2.72. The molecule has 0 radical (unpaired) electrons. The van der Waals surface area contributed by atoms with Crippen molar-refractivity contribution in [3.05, 3.63) is 39.8 Å². The molecule has 0 bridgehead atoms. The van der Waals surface area contributed by atoms with E-state index in [-0.39, 0.29) is 18.5 Å². The molecule has 4 amide bonds. The fraction of sp³-hybridized carbons (Fsp3) is 0.560. The highest BCUT2D eigenvalue weighted by Gasteiger charge is 2.62. The normalized spacial score (nSPS) is 24.8. The Morgan fingerprint density at radius 3 is 2.76 bits per heavy atom. The molecule has 3 aliphatic rings. The zero-order chi connectivity index (χ0) is 24.0. The third-order valence-corrected chi connectivity index (χ3v) is 7.65. The number of carbonyl (C=O) groups excluding carboxylic acids is 3. The maximum absolute atomic E-state index is 14.0. The van der Waals surface area contributed by atoms with Crippen molar-refractivity contribution in [2.75, 3.05) is 18.0 Å². The van der Waals surface area contributed by atoms with Crippen LogP contribution in [0.3, 0.4) is 0 Å². The molecule has 3 aliphatic heterocycles. The summed E-state index contributed by atoms with van der Waals surface area (Å²) < 4.78 is 1.50. The highest BCUT2D eigenvalue weighted by Crippen LogP contribution is 2.45. The van der Waals surface area contributed by atoms with E-state index in [4.69, 9.17) is 4.98 Å². The van der Waals surface area contributed by atoms with Crippen molar-refractivity contribution in [2.45, 2.75) is 71.3 Å². The molecule has 9 heteroatoms. The van der Waals surface area contributed by atoms with E-state index in [9.17, 15) is 19.2 Å². The highest BCUT2D eigenvalue weighted by atomic mass is 16.2. The summed E-state index contributed by atoms with van der Waals surface area (Å²) in [4.78, 5) is 62.0. The first-order chi connectivity index (χ1) is 16.4. The highest BCUT2D eigenvalue weighted by molar-refractivity contribution is 6.20. The summed E-state index contributed by atoms with van der Waals surface area (Å²) in [5, 5.41) is 2.47. The minimum Gasteiger partial charge on any atom is -0.352 e. The van der Waals surface area contributed by atoms with E-state index in [1.54, 1.807) is 12.3 Å². The Morgan fingerprint density at radius 2 is 1.97 bits per heavy atom. The molecule has 180 valence electrons. The summed E-state index contributed by atoms with van der Waals surface area (Å²) in [7, 11) is 0. The predicted molar refractivity (Wildman–Crippen MR) is 127 cm³/mol. The van der Waals surface area contributed by atoms with Crippen LogP contribution < -0.4 is 15.8 Å². The fourth-order valence-corrected chi connectivity index (χ4v) is 5.87. The number of amides is 4. The average Bonchev–Trinajstić information content (AvgIpc) is 3.08. The number of hydrogen-bond donors (Lipinski definition) is 1. The van der Waals surface area contributed by atoms with Crippen molar-refractivity contribution in [2.24, 2.45) is 5.41 Å². The van der Waals surface area contributed by atoms with Crippen LogP contribution in [-0.2, 0) is 16.0 Å².